The van der Waals surface area contributed by atoms with Crippen LogP contribution in [0.15, 0.2) is 0 Å². The Morgan fingerprint density at radius 1 is 1.33 bits per heavy atom. The lowest BCUT2D eigenvalue weighted by Crippen LogP contribution is -2.40. The number of likely N-dealkylation sites (tertiary alicyclic amines) is 1. The van der Waals surface area contributed by atoms with Crippen molar-refractivity contribution in [2.45, 2.75) is 45.4 Å². The fourth-order valence-corrected chi connectivity index (χ4v) is 3.57. The van der Waals surface area contributed by atoms with Crippen molar-refractivity contribution in [3.8, 4) is 0 Å². The molecule has 2 aliphatic rings. The van der Waals surface area contributed by atoms with Crippen molar-refractivity contribution in [1.29, 1.82) is 0 Å². The van der Waals surface area contributed by atoms with Crippen LogP contribution in [0.5, 0.6) is 0 Å². The average Bonchev–Trinajstić information content (AvgIpc) is 2.80. The summed E-state index contributed by atoms with van der Waals surface area (Å²) in [5.41, 5.74) is -0.0688. The van der Waals surface area contributed by atoms with Crippen molar-refractivity contribution in [2.75, 3.05) is 26.2 Å². The van der Waals surface area contributed by atoms with Gasteiger partial charge in [0.15, 0.2) is 0 Å². The fraction of sp³-hybridized carbons (Fsp3) is 0.933. The zero-order chi connectivity index (χ0) is 13.0. The number of rotatable bonds is 5. The second-order valence-corrected chi connectivity index (χ2v) is 6.56. The summed E-state index contributed by atoms with van der Waals surface area (Å²) in [5.74, 6) is 1.43. The van der Waals surface area contributed by atoms with E-state index in [9.17, 15) is 4.79 Å². The minimum absolute atomic E-state index is 0.0688. The first-order chi connectivity index (χ1) is 8.67. The molecule has 0 radical (unpaired) electrons. The Labute approximate surface area is 111 Å². The summed E-state index contributed by atoms with van der Waals surface area (Å²) in [7, 11) is 0. The Hall–Kier alpha value is -0.410. The van der Waals surface area contributed by atoms with Crippen LogP contribution in [0.2, 0.25) is 0 Å². The Morgan fingerprint density at radius 2 is 2.06 bits per heavy atom. The molecule has 0 aromatic rings. The monoisotopic (exact) mass is 253 g/mol. The predicted octanol–water partition coefficient (Wildman–Crippen LogP) is 2.09. The van der Waals surface area contributed by atoms with Crippen molar-refractivity contribution in [2.24, 2.45) is 17.3 Å². The molecule has 0 amide bonds. The number of carbonyl (C=O) groups excluding carboxylic acids is 1. The highest BCUT2D eigenvalue weighted by Crippen LogP contribution is 2.38. The summed E-state index contributed by atoms with van der Waals surface area (Å²) >= 11 is 0. The van der Waals surface area contributed by atoms with Crippen molar-refractivity contribution < 1.29 is 9.90 Å². The molecule has 0 bridgehead atoms. The number of aliphatic hydroxyl groups is 1. The third-order valence-electron chi connectivity index (χ3n) is 4.97. The molecule has 1 aliphatic heterocycles. The first-order valence-corrected chi connectivity index (χ1v) is 7.47. The summed E-state index contributed by atoms with van der Waals surface area (Å²) < 4.78 is 0. The van der Waals surface area contributed by atoms with Crippen molar-refractivity contribution in [1.82, 2.24) is 4.90 Å². The smallest absolute Gasteiger partial charge is 0.127 e. The van der Waals surface area contributed by atoms with E-state index in [1.54, 1.807) is 0 Å². The molecule has 1 unspecified atom stereocenters. The minimum atomic E-state index is -0.0688. The van der Waals surface area contributed by atoms with Crippen molar-refractivity contribution >= 4 is 6.29 Å². The molecule has 3 nitrogen and oxygen atoms in total. The zero-order valence-electron chi connectivity index (χ0n) is 11.6. The van der Waals surface area contributed by atoms with Gasteiger partial charge in [-0.15, -0.1) is 0 Å². The summed E-state index contributed by atoms with van der Waals surface area (Å²) in [6, 6.07) is 0. The third kappa shape index (κ3) is 3.33. The van der Waals surface area contributed by atoms with Gasteiger partial charge < -0.3 is 14.8 Å². The molecule has 104 valence electrons. The molecule has 1 N–H and O–H groups in total. The normalized spacial score (nSPS) is 37.9. The van der Waals surface area contributed by atoms with Crippen LogP contribution < -0.4 is 0 Å². The number of hydrogen-bond donors (Lipinski definition) is 1. The van der Waals surface area contributed by atoms with Crippen LogP contribution in [0.4, 0.5) is 0 Å². The van der Waals surface area contributed by atoms with Gasteiger partial charge in [-0.2, -0.15) is 0 Å². The van der Waals surface area contributed by atoms with E-state index in [4.69, 9.17) is 5.11 Å². The number of carbonyl (C=O) groups is 1. The lowest BCUT2D eigenvalue weighted by molar-refractivity contribution is -0.119. The van der Waals surface area contributed by atoms with Gasteiger partial charge in [0.25, 0.3) is 0 Å². The second-order valence-electron chi connectivity index (χ2n) is 6.56. The van der Waals surface area contributed by atoms with Gasteiger partial charge in [-0.25, -0.2) is 0 Å². The van der Waals surface area contributed by atoms with Gasteiger partial charge >= 0.3 is 0 Å². The molecule has 1 saturated carbocycles. The predicted molar refractivity (Wildman–Crippen MR) is 72.4 cm³/mol. The molecule has 2 fully saturated rings. The van der Waals surface area contributed by atoms with E-state index >= 15 is 0 Å². The summed E-state index contributed by atoms with van der Waals surface area (Å²) in [6.45, 7) is 5.73. The Kier molecular flexibility index (Phi) is 4.79. The van der Waals surface area contributed by atoms with Crippen LogP contribution in [0.3, 0.4) is 0 Å². The van der Waals surface area contributed by atoms with Gasteiger partial charge in [0.05, 0.1) is 0 Å². The van der Waals surface area contributed by atoms with E-state index < -0.39 is 0 Å². The molecule has 0 aromatic carbocycles. The van der Waals surface area contributed by atoms with E-state index in [1.165, 1.54) is 25.5 Å². The van der Waals surface area contributed by atoms with Gasteiger partial charge in [0.2, 0.25) is 0 Å². The van der Waals surface area contributed by atoms with E-state index in [2.05, 4.69) is 11.8 Å². The van der Waals surface area contributed by atoms with Crippen LogP contribution in [-0.2, 0) is 4.79 Å². The van der Waals surface area contributed by atoms with E-state index in [0.717, 1.165) is 44.8 Å². The lowest BCUT2D eigenvalue weighted by atomic mass is 9.71. The van der Waals surface area contributed by atoms with Crippen LogP contribution in [-0.4, -0.2) is 42.5 Å². The molecule has 2 rings (SSSR count). The number of hydrogen-bond acceptors (Lipinski definition) is 3. The number of aliphatic hydroxyl groups excluding tert-OH is 1. The number of aldehydes is 1. The van der Waals surface area contributed by atoms with E-state index in [0.29, 0.717) is 12.5 Å². The maximum absolute atomic E-state index is 11.5. The standard InChI is InChI=1S/C15H27NO2/c1-13-2-6-15(12-18,7-3-13)11-16-8-4-14(10-16)5-9-17/h12-14,17H,2-11H2,1H3. The Balaban J connectivity index is 1.85. The zero-order valence-corrected chi connectivity index (χ0v) is 11.6. The first kappa shape index (κ1) is 14.0. The molecule has 1 aliphatic carbocycles. The Bertz CT molecular complexity index is 272. The summed E-state index contributed by atoms with van der Waals surface area (Å²) in [4.78, 5) is 14.0. The quantitative estimate of drug-likeness (QED) is 0.763. The maximum Gasteiger partial charge on any atom is 0.127 e. The van der Waals surface area contributed by atoms with Gasteiger partial charge in [-0.05, 0) is 56.9 Å². The lowest BCUT2D eigenvalue weighted by Gasteiger charge is -2.37. The molecular formula is C15H27NO2. The molecule has 3 heteroatoms. The molecular weight excluding hydrogens is 226 g/mol. The van der Waals surface area contributed by atoms with Crippen LogP contribution in [0.25, 0.3) is 0 Å². The minimum Gasteiger partial charge on any atom is -0.396 e. The fourth-order valence-electron chi connectivity index (χ4n) is 3.57. The second kappa shape index (κ2) is 6.16. The van der Waals surface area contributed by atoms with E-state index in [-0.39, 0.29) is 5.41 Å². The summed E-state index contributed by atoms with van der Waals surface area (Å²) in [6.07, 6.45) is 7.88. The van der Waals surface area contributed by atoms with Gasteiger partial charge in [-0.3, -0.25) is 0 Å². The van der Waals surface area contributed by atoms with Gasteiger partial charge in [0, 0.05) is 25.1 Å². The highest BCUT2D eigenvalue weighted by molar-refractivity contribution is 5.60. The highest BCUT2D eigenvalue weighted by atomic mass is 16.3. The average molecular weight is 253 g/mol. The maximum atomic E-state index is 11.5. The molecule has 1 saturated heterocycles. The SMILES string of the molecule is CC1CCC(C=O)(CN2CCC(CCO)C2)CC1. The third-order valence-corrected chi connectivity index (χ3v) is 4.97. The highest BCUT2D eigenvalue weighted by Gasteiger charge is 2.37. The van der Waals surface area contributed by atoms with Crippen molar-refractivity contribution in [3.63, 3.8) is 0 Å². The topological polar surface area (TPSA) is 40.5 Å². The molecule has 18 heavy (non-hydrogen) atoms. The Morgan fingerprint density at radius 3 is 2.67 bits per heavy atom. The summed E-state index contributed by atoms with van der Waals surface area (Å²) in [5, 5.41) is 8.99. The van der Waals surface area contributed by atoms with E-state index in [1.807, 2.05) is 0 Å². The largest absolute Gasteiger partial charge is 0.396 e. The van der Waals surface area contributed by atoms with Crippen LogP contribution >= 0.6 is 0 Å². The molecule has 1 heterocycles. The number of nitrogens with zero attached hydrogens (tertiary/aromatic N) is 1. The molecule has 0 aromatic heterocycles. The van der Waals surface area contributed by atoms with Gasteiger partial charge in [0.1, 0.15) is 6.29 Å². The first-order valence-electron chi connectivity index (χ1n) is 7.47. The van der Waals surface area contributed by atoms with Crippen LogP contribution in [0, 0.1) is 17.3 Å². The van der Waals surface area contributed by atoms with Crippen LogP contribution in [0.1, 0.15) is 45.4 Å². The molecule has 1 atom stereocenters. The van der Waals surface area contributed by atoms with Crippen molar-refractivity contribution in [3.05, 3.63) is 0 Å². The molecule has 0 spiro atoms. The van der Waals surface area contributed by atoms with Gasteiger partial charge in [-0.1, -0.05) is 6.92 Å².